The van der Waals surface area contributed by atoms with Gasteiger partial charge in [-0.25, -0.2) is 9.59 Å². The molecule has 3 N–H and O–H groups in total. The summed E-state index contributed by atoms with van der Waals surface area (Å²) in [6.45, 7) is 9.15. The second-order valence-electron chi connectivity index (χ2n) is 6.73. The van der Waals surface area contributed by atoms with E-state index >= 15 is 0 Å². The van der Waals surface area contributed by atoms with Gasteiger partial charge in [-0.3, -0.25) is 0 Å². The van der Waals surface area contributed by atoms with Crippen molar-refractivity contribution < 1.29 is 24.2 Å². The smallest absolute Gasteiger partial charge is 0.338 e. The normalized spacial score (nSPS) is 17.6. The Balaban J connectivity index is 2.46. The summed E-state index contributed by atoms with van der Waals surface area (Å²) < 4.78 is 10.9. The molecule has 0 fully saturated rings. The lowest BCUT2D eigenvalue weighted by Crippen LogP contribution is -2.46. The van der Waals surface area contributed by atoms with Crippen molar-refractivity contribution >= 4 is 12.0 Å². The molecular weight excluding hydrogens is 324 g/mol. The molecule has 0 radical (unpaired) electrons. The van der Waals surface area contributed by atoms with E-state index < -0.39 is 23.6 Å². The predicted octanol–water partition coefficient (Wildman–Crippen LogP) is 2.76. The second-order valence-corrected chi connectivity index (χ2v) is 6.73. The van der Waals surface area contributed by atoms with Crippen LogP contribution in [0.25, 0.3) is 0 Å². The number of nitrogens with one attached hydrogen (secondary N) is 2. The Morgan fingerprint density at radius 1 is 1.32 bits per heavy atom. The van der Waals surface area contributed by atoms with Crippen LogP contribution in [0, 0.1) is 0 Å². The van der Waals surface area contributed by atoms with Crippen molar-refractivity contribution in [2.75, 3.05) is 6.61 Å². The summed E-state index contributed by atoms with van der Waals surface area (Å²) in [4.78, 5) is 24.5. The average molecular weight is 348 g/mol. The molecule has 7 nitrogen and oxygen atoms in total. The highest BCUT2D eigenvalue weighted by atomic mass is 16.6. The summed E-state index contributed by atoms with van der Waals surface area (Å²) in [5.74, 6) is -0.243. The fraction of sp³-hybridized carbons (Fsp3) is 0.444. The number of urea groups is 1. The molecular formula is C18H24N2O5. The van der Waals surface area contributed by atoms with Crippen LogP contribution < -0.4 is 15.4 Å². The molecule has 2 rings (SSSR count). The van der Waals surface area contributed by atoms with Crippen molar-refractivity contribution in [2.45, 2.75) is 46.3 Å². The molecule has 0 bridgehead atoms. The SMILES string of the molecule is CCOc1cc([C@H]2NC(=O)NC(C)=C2C(=O)OC(C)(C)C)ccc1O. The highest BCUT2D eigenvalue weighted by Crippen LogP contribution is 2.34. The van der Waals surface area contributed by atoms with Gasteiger partial charge < -0.3 is 25.2 Å². The number of carbonyl (C=O) groups excluding carboxylic acids is 2. The fourth-order valence-electron chi connectivity index (χ4n) is 2.53. The molecule has 1 aromatic rings. The Bertz CT molecular complexity index is 719. The first-order valence-electron chi connectivity index (χ1n) is 8.09. The molecule has 136 valence electrons. The largest absolute Gasteiger partial charge is 0.504 e. The molecule has 0 unspecified atom stereocenters. The number of ether oxygens (including phenoxy) is 2. The van der Waals surface area contributed by atoms with E-state index in [-0.39, 0.29) is 11.5 Å². The van der Waals surface area contributed by atoms with Gasteiger partial charge in [-0.15, -0.1) is 0 Å². The van der Waals surface area contributed by atoms with Crippen molar-refractivity contribution in [2.24, 2.45) is 0 Å². The van der Waals surface area contributed by atoms with Crippen molar-refractivity contribution in [1.82, 2.24) is 10.6 Å². The van der Waals surface area contributed by atoms with Gasteiger partial charge in [-0.2, -0.15) is 0 Å². The minimum absolute atomic E-state index is 0.00891. The van der Waals surface area contributed by atoms with Crippen LogP contribution in [0.15, 0.2) is 29.5 Å². The van der Waals surface area contributed by atoms with Gasteiger partial charge in [0.05, 0.1) is 18.2 Å². The molecule has 1 aromatic carbocycles. The minimum atomic E-state index is -0.705. The van der Waals surface area contributed by atoms with Crippen LogP contribution in [0.5, 0.6) is 11.5 Å². The molecule has 1 heterocycles. The molecule has 0 aromatic heterocycles. The molecule has 0 saturated heterocycles. The molecule has 1 atom stereocenters. The number of rotatable bonds is 4. The van der Waals surface area contributed by atoms with E-state index in [1.807, 2.05) is 0 Å². The average Bonchev–Trinajstić information content (AvgIpc) is 2.47. The maximum absolute atomic E-state index is 12.6. The van der Waals surface area contributed by atoms with Gasteiger partial charge in [0.25, 0.3) is 0 Å². The zero-order valence-corrected chi connectivity index (χ0v) is 15.1. The number of hydrogen-bond acceptors (Lipinski definition) is 5. The summed E-state index contributed by atoms with van der Waals surface area (Å²) in [6, 6.07) is 3.58. The van der Waals surface area contributed by atoms with Gasteiger partial charge in [0, 0.05) is 5.70 Å². The molecule has 1 aliphatic rings. The number of carbonyl (C=O) groups is 2. The van der Waals surface area contributed by atoms with Crippen LogP contribution >= 0.6 is 0 Å². The summed E-state index contributed by atoms with van der Waals surface area (Å²) in [7, 11) is 0. The van der Waals surface area contributed by atoms with Crippen molar-refractivity contribution in [3.63, 3.8) is 0 Å². The lowest BCUT2D eigenvalue weighted by Gasteiger charge is -2.30. The van der Waals surface area contributed by atoms with Crippen LogP contribution in [-0.4, -0.2) is 29.3 Å². The molecule has 7 heteroatoms. The van der Waals surface area contributed by atoms with Gasteiger partial charge in [-0.1, -0.05) is 6.07 Å². The van der Waals surface area contributed by atoms with Crippen LogP contribution in [0.4, 0.5) is 4.79 Å². The lowest BCUT2D eigenvalue weighted by atomic mass is 9.95. The van der Waals surface area contributed by atoms with E-state index in [1.54, 1.807) is 46.8 Å². The Labute approximate surface area is 147 Å². The number of benzene rings is 1. The first-order valence-corrected chi connectivity index (χ1v) is 8.09. The second kappa shape index (κ2) is 7.04. The number of phenolic OH excluding ortho intramolecular Hbond substituents is 1. The number of aromatic hydroxyl groups is 1. The zero-order chi connectivity index (χ0) is 18.8. The van der Waals surface area contributed by atoms with Crippen LogP contribution in [0.3, 0.4) is 0 Å². The van der Waals surface area contributed by atoms with E-state index in [2.05, 4.69) is 10.6 Å². The molecule has 0 aliphatic carbocycles. The molecule has 0 spiro atoms. The fourth-order valence-corrected chi connectivity index (χ4v) is 2.53. The Kier molecular flexibility index (Phi) is 5.25. The number of hydrogen-bond donors (Lipinski definition) is 3. The Hall–Kier alpha value is -2.70. The number of amides is 2. The predicted molar refractivity (Wildman–Crippen MR) is 92.2 cm³/mol. The van der Waals surface area contributed by atoms with Crippen molar-refractivity contribution in [3.05, 3.63) is 35.0 Å². The van der Waals surface area contributed by atoms with Crippen LogP contribution in [0.2, 0.25) is 0 Å². The van der Waals surface area contributed by atoms with Gasteiger partial charge in [0.1, 0.15) is 5.60 Å². The number of allylic oxidation sites excluding steroid dienone is 1. The summed E-state index contributed by atoms with van der Waals surface area (Å²) in [6.07, 6.45) is 0. The maximum Gasteiger partial charge on any atom is 0.338 e. The lowest BCUT2D eigenvalue weighted by molar-refractivity contribution is -0.150. The monoisotopic (exact) mass is 348 g/mol. The van der Waals surface area contributed by atoms with E-state index in [9.17, 15) is 14.7 Å². The third-order valence-electron chi connectivity index (χ3n) is 3.50. The summed E-state index contributed by atoms with van der Waals surface area (Å²) in [5, 5.41) is 15.2. The van der Waals surface area contributed by atoms with Crippen molar-refractivity contribution in [3.8, 4) is 11.5 Å². The van der Waals surface area contributed by atoms with E-state index in [4.69, 9.17) is 9.47 Å². The third-order valence-corrected chi connectivity index (χ3v) is 3.50. The molecule has 0 saturated carbocycles. The summed E-state index contributed by atoms with van der Waals surface area (Å²) >= 11 is 0. The maximum atomic E-state index is 12.6. The van der Waals surface area contributed by atoms with E-state index in [0.29, 0.717) is 23.4 Å². The van der Waals surface area contributed by atoms with Crippen LogP contribution in [-0.2, 0) is 9.53 Å². The Morgan fingerprint density at radius 2 is 2.00 bits per heavy atom. The highest BCUT2D eigenvalue weighted by Gasteiger charge is 2.34. The molecule has 1 aliphatic heterocycles. The number of phenols is 1. The van der Waals surface area contributed by atoms with Gasteiger partial charge in [-0.05, 0) is 52.3 Å². The van der Waals surface area contributed by atoms with Gasteiger partial charge in [0.15, 0.2) is 11.5 Å². The standard InChI is InChI=1S/C18H24N2O5/c1-6-24-13-9-11(7-8-12(13)21)15-14(10(2)19-17(23)20-15)16(22)25-18(3,4)5/h7-9,15,21H,6H2,1-5H3,(H2,19,20,23)/t15-/m1/s1. The zero-order valence-electron chi connectivity index (χ0n) is 15.1. The van der Waals surface area contributed by atoms with Gasteiger partial charge >= 0.3 is 12.0 Å². The first kappa shape index (κ1) is 18.6. The third kappa shape index (κ3) is 4.43. The quantitative estimate of drug-likeness (QED) is 0.727. The number of esters is 1. The van der Waals surface area contributed by atoms with Crippen LogP contribution in [0.1, 0.15) is 46.2 Å². The minimum Gasteiger partial charge on any atom is -0.504 e. The highest BCUT2D eigenvalue weighted by molar-refractivity contribution is 5.95. The van der Waals surface area contributed by atoms with E-state index in [1.165, 1.54) is 6.07 Å². The molecule has 2 amide bonds. The van der Waals surface area contributed by atoms with E-state index in [0.717, 1.165) is 0 Å². The summed E-state index contributed by atoms with van der Waals surface area (Å²) in [5.41, 5.74) is 0.676. The molecule has 25 heavy (non-hydrogen) atoms. The van der Waals surface area contributed by atoms with Gasteiger partial charge in [0.2, 0.25) is 0 Å². The van der Waals surface area contributed by atoms with Crippen molar-refractivity contribution in [1.29, 1.82) is 0 Å². The Morgan fingerprint density at radius 3 is 2.60 bits per heavy atom. The first-order chi connectivity index (χ1) is 11.6. The topological polar surface area (TPSA) is 96.9 Å².